The minimum absolute atomic E-state index is 0.0126. The molecule has 3 N–H and O–H groups in total. The molecule has 2 aromatic rings. The summed E-state index contributed by atoms with van der Waals surface area (Å²) in [5.41, 5.74) is 7.37. The quantitative estimate of drug-likeness (QED) is 0.859. The highest BCUT2D eigenvalue weighted by atomic mass is 16.2. The van der Waals surface area contributed by atoms with E-state index in [-0.39, 0.29) is 11.8 Å². The third kappa shape index (κ3) is 4.37. The zero-order valence-corrected chi connectivity index (χ0v) is 14.1. The number of likely N-dealkylation sites (tertiary alicyclic amines) is 1. The van der Waals surface area contributed by atoms with E-state index in [0.29, 0.717) is 26.1 Å². The number of para-hydroxylation sites is 1. The van der Waals surface area contributed by atoms with Crippen molar-refractivity contribution in [2.45, 2.75) is 19.3 Å². The summed E-state index contributed by atoms with van der Waals surface area (Å²) in [5.74, 6) is -0.185. The van der Waals surface area contributed by atoms with Crippen molar-refractivity contribution in [2.24, 2.45) is 11.7 Å². The maximum absolute atomic E-state index is 12.3. The zero-order valence-electron chi connectivity index (χ0n) is 14.1. The smallest absolute Gasteiger partial charge is 0.314 e. The Hall–Kier alpha value is -2.83. The summed E-state index contributed by atoms with van der Waals surface area (Å²) in [4.78, 5) is 25.1. The van der Waals surface area contributed by atoms with Crippen molar-refractivity contribution >= 4 is 11.9 Å². The number of benzene rings is 1. The van der Waals surface area contributed by atoms with Crippen molar-refractivity contribution in [2.75, 3.05) is 19.6 Å². The van der Waals surface area contributed by atoms with Crippen LogP contribution in [-0.2, 0) is 11.2 Å². The number of nitrogens with zero attached hydrogens (tertiary/aromatic N) is 3. The summed E-state index contributed by atoms with van der Waals surface area (Å²) in [7, 11) is 0. The number of nitrogens with one attached hydrogen (secondary N) is 1. The third-order valence-corrected chi connectivity index (χ3v) is 4.47. The van der Waals surface area contributed by atoms with E-state index in [2.05, 4.69) is 10.4 Å². The second-order valence-corrected chi connectivity index (χ2v) is 6.29. The fraction of sp³-hybridized carbons (Fsp3) is 0.389. The van der Waals surface area contributed by atoms with E-state index < -0.39 is 6.03 Å². The lowest BCUT2D eigenvalue weighted by molar-refractivity contribution is -0.126. The monoisotopic (exact) mass is 341 g/mol. The molecule has 3 rings (SSSR count). The highest BCUT2D eigenvalue weighted by molar-refractivity contribution is 5.80. The van der Waals surface area contributed by atoms with Crippen LogP contribution in [0.3, 0.4) is 0 Å². The van der Waals surface area contributed by atoms with Crippen LogP contribution in [0, 0.1) is 5.92 Å². The number of aromatic nitrogens is 2. The Kier molecular flexibility index (Phi) is 5.33. The van der Waals surface area contributed by atoms with Crippen LogP contribution in [0.1, 0.15) is 18.4 Å². The van der Waals surface area contributed by atoms with Gasteiger partial charge in [-0.2, -0.15) is 5.10 Å². The molecule has 7 heteroatoms. The third-order valence-electron chi connectivity index (χ3n) is 4.47. The summed E-state index contributed by atoms with van der Waals surface area (Å²) < 4.78 is 1.82. The van der Waals surface area contributed by atoms with Gasteiger partial charge in [0.05, 0.1) is 17.8 Å². The number of nitrogens with two attached hydrogens (primary N) is 1. The SMILES string of the molecule is NC(=O)N1CCC[C@@H](C(=O)NCCc2cnn(-c3ccccc3)c2)C1. The standard InChI is InChI=1S/C18H23N5O2/c19-18(25)22-10-4-5-15(13-22)17(24)20-9-8-14-11-21-23(12-14)16-6-2-1-3-7-16/h1-3,6-7,11-12,15H,4-5,8-10,13H2,(H2,19,25)(H,20,24)/t15-/m1/s1. The van der Waals surface area contributed by atoms with Gasteiger partial charge in [-0.1, -0.05) is 18.2 Å². The number of hydrogen-bond donors (Lipinski definition) is 2. The van der Waals surface area contributed by atoms with Gasteiger partial charge in [0.25, 0.3) is 0 Å². The van der Waals surface area contributed by atoms with E-state index in [4.69, 9.17) is 5.73 Å². The van der Waals surface area contributed by atoms with Crippen LogP contribution < -0.4 is 11.1 Å². The molecule has 132 valence electrons. The van der Waals surface area contributed by atoms with E-state index in [9.17, 15) is 9.59 Å². The van der Waals surface area contributed by atoms with Gasteiger partial charge in [0.2, 0.25) is 5.91 Å². The predicted octanol–water partition coefficient (Wildman–Crippen LogP) is 1.32. The van der Waals surface area contributed by atoms with E-state index in [1.54, 1.807) is 0 Å². The Labute approximate surface area is 146 Å². The fourth-order valence-electron chi connectivity index (χ4n) is 3.08. The first-order valence-corrected chi connectivity index (χ1v) is 8.54. The summed E-state index contributed by atoms with van der Waals surface area (Å²) in [6.45, 7) is 1.59. The molecular weight excluding hydrogens is 318 g/mol. The van der Waals surface area contributed by atoms with Gasteiger partial charge < -0.3 is 16.0 Å². The average molecular weight is 341 g/mol. The normalized spacial score (nSPS) is 17.3. The molecule has 1 aliphatic heterocycles. The average Bonchev–Trinajstić information content (AvgIpc) is 3.11. The molecule has 0 aliphatic carbocycles. The number of primary amides is 1. The van der Waals surface area contributed by atoms with Crippen LogP contribution in [-0.4, -0.2) is 46.3 Å². The van der Waals surface area contributed by atoms with E-state index >= 15 is 0 Å². The summed E-state index contributed by atoms with van der Waals surface area (Å²) in [6.07, 6.45) is 6.10. The Balaban J connectivity index is 1.47. The summed E-state index contributed by atoms with van der Waals surface area (Å²) >= 11 is 0. The topological polar surface area (TPSA) is 93.2 Å². The lowest BCUT2D eigenvalue weighted by Crippen LogP contribution is -2.47. The van der Waals surface area contributed by atoms with Crippen molar-refractivity contribution < 1.29 is 9.59 Å². The van der Waals surface area contributed by atoms with Gasteiger partial charge >= 0.3 is 6.03 Å². The van der Waals surface area contributed by atoms with E-state index in [1.807, 2.05) is 47.4 Å². The molecule has 0 spiro atoms. The van der Waals surface area contributed by atoms with Gasteiger partial charge in [-0.15, -0.1) is 0 Å². The van der Waals surface area contributed by atoms with Gasteiger partial charge in [0.15, 0.2) is 0 Å². The minimum atomic E-state index is -0.453. The number of rotatable bonds is 5. The van der Waals surface area contributed by atoms with E-state index in [1.165, 1.54) is 4.90 Å². The van der Waals surface area contributed by atoms with Crippen molar-refractivity contribution in [1.82, 2.24) is 20.0 Å². The highest BCUT2D eigenvalue weighted by Crippen LogP contribution is 2.16. The molecule has 2 heterocycles. The van der Waals surface area contributed by atoms with Crippen molar-refractivity contribution in [3.05, 3.63) is 48.3 Å². The van der Waals surface area contributed by atoms with Gasteiger partial charge in [-0.25, -0.2) is 9.48 Å². The molecular formula is C18H23N5O2. The first-order chi connectivity index (χ1) is 12.1. The molecule has 7 nitrogen and oxygen atoms in total. The highest BCUT2D eigenvalue weighted by Gasteiger charge is 2.27. The van der Waals surface area contributed by atoms with Gasteiger partial charge in [-0.3, -0.25) is 4.79 Å². The molecule has 0 bridgehead atoms. The minimum Gasteiger partial charge on any atom is -0.355 e. The lowest BCUT2D eigenvalue weighted by atomic mass is 9.97. The zero-order chi connectivity index (χ0) is 17.6. The molecule has 0 unspecified atom stereocenters. The molecule has 1 atom stereocenters. The van der Waals surface area contributed by atoms with Crippen LogP contribution in [0.4, 0.5) is 4.79 Å². The Morgan fingerprint density at radius 3 is 2.84 bits per heavy atom. The van der Waals surface area contributed by atoms with Crippen LogP contribution in [0.15, 0.2) is 42.7 Å². The molecule has 0 radical (unpaired) electrons. The molecule has 25 heavy (non-hydrogen) atoms. The number of carbonyl (C=O) groups excluding carboxylic acids is 2. The molecule has 1 fully saturated rings. The predicted molar refractivity (Wildman–Crippen MR) is 94.2 cm³/mol. The van der Waals surface area contributed by atoms with Gasteiger partial charge in [0.1, 0.15) is 0 Å². The largest absolute Gasteiger partial charge is 0.355 e. The van der Waals surface area contributed by atoms with Crippen molar-refractivity contribution in [1.29, 1.82) is 0 Å². The number of carbonyl (C=O) groups is 2. The number of urea groups is 1. The second kappa shape index (κ2) is 7.83. The molecule has 1 aromatic heterocycles. The summed E-state index contributed by atoms with van der Waals surface area (Å²) in [5, 5.41) is 7.30. The van der Waals surface area contributed by atoms with E-state index in [0.717, 1.165) is 24.1 Å². The van der Waals surface area contributed by atoms with Crippen LogP contribution in [0.2, 0.25) is 0 Å². The second-order valence-electron chi connectivity index (χ2n) is 6.29. The molecule has 1 saturated heterocycles. The van der Waals surface area contributed by atoms with Crippen LogP contribution >= 0.6 is 0 Å². The summed E-state index contributed by atoms with van der Waals surface area (Å²) in [6, 6.07) is 9.44. The molecule has 0 saturated carbocycles. The molecule has 3 amide bonds. The Morgan fingerprint density at radius 1 is 1.28 bits per heavy atom. The van der Waals surface area contributed by atoms with Crippen LogP contribution in [0.25, 0.3) is 5.69 Å². The maximum atomic E-state index is 12.3. The van der Waals surface area contributed by atoms with Crippen molar-refractivity contribution in [3.8, 4) is 5.69 Å². The lowest BCUT2D eigenvalue weighted by Gasteiger charge is -2.30. The Morgan fingerprint density at radius 2 is 2.08 bits per heavy atom. The number of piperidine rings is 1. The fourth-order valence-corrected chi connectivity index (χ4v) is 3.08. The number of hydrogen-bond acceptors (Lipinski definition) is 3. The van der Waals surface area contributed by atoms with Crippen LogP contribution in [0.5, 0.6) is 0 Å². The van der Waals surface area contributed by atoms with Gasteiger partial charge in [-0.05, 0) is 37.0 Å². The molecule has 1 aromatic carbocycles. The van der Waals surface area contributed by atoms with Crippen molar-refractivity contribution in [3.63, 3.8) is 0 Å². The number of amides is 3. The Bertz CT molecular complexity index is 728. The maximum Gasteiger partial charge on any atom is 0.314 e. The first kappa shape index (κ1) is 17.0. The first-order valence-electron chi connectivity index (χ1n) is 8.54. The van der Waals surface area contributed by atoms with Gasteiger partial charge in [0, 0.05) is 25.8 Å². The molecule has 1 aliphatic rings.